The van der Waals surface area contributed by atoms with Crippen molar-refractivity contribution in [2.24, 2.45) is 0 Å². The van der Waals surface area contributed by atoms with Crippen LogP contribution in [0.4, 0.5) is 18.9 Å². The van der Waals surface area contributed by atoms with Gasteiger partial charge in [-0.15, -0.1) is 13.2 Å². The van der Waals surface area contributed by atoms with Crippen molar-refractivity contribution in [2.45, 2.75) is 18.9 Å². The third-order valence-electron chi connectivity index (χ3n) is 3.44. The first-order valence-electron chi connectivity index (χ1n) is 7.92. The molecule has 2 amide bonds. The lowest BCUT2D eigenvalue weighted by Gasteiger charge is -2.12. The Morgan fingerprint density at radius 1 is 1.00 bits per heavy atom. The second-order valence-electron chi connectivity index (χ2n) is 5.50. The topological polar surface area (TPSA) is 87.7 Å². The molecule has 0 aliphatic carbocycles. The quantitative estimate of drug-likeness (QED) is 0.671. The first-order valence-corrected chi connectivity index (χ1v) is 7.92. The number of hydrogen-bond acceptors (Lipinski definition) is 4. The van der Waals surface area contributed by atoms with E-state index in [-0.39, 0.29) is 18.7 Å². The highest BCUT2D eigenvalue weighted by Gasteiger charge is 2.31. The SMILES string of the molecule is O=C(NCC[C@H](O)c1ccccc1)C(=O)Nc1ccc(OC(F)(F)F)cc1. The van der Waals surface area contributed by atoms with Crippen molar-refractivity contribution in [3.63, 3.8) is 0 Å². The molecular formula is C18H17F3N2O4. The number of nitrogens with one attached hydrogen (secondary N) is 2. The molecule has 0 bridgehead atoms. The third-order valence-corrected chi connectivity index (χ3v) is 3.44. The van der Waals surface area contributed by atoms with Gasteiger partial charge in [-0.3, -0.25) is 9.59 Å². The van der Waals surface area contributed by atoms with Gasteiger partial charge in [0.2, 0.25) is 0 Å². The molecule has 27 heavy (non-hydrogen) atoms. The number of rotatable bonds is 6. The minimum Gasteiger partial charge on any atom is -0.406 e. The molecule has 0 aromatic heterocycles. The van der Waals surface area contributed by atoms with Gasteiger partial charge in [0, 0.05) is 12.2 Å². The van der Waals surface area contributed by atoms with E-state index >= 15 is 0 Å². The summed E-state index contributed by atoms with van der Waals surface area (Å²) in [6, 6.07) is 13.2. The van der Waals surface area contributed by atoms with Crippen LogP contribution in [0.15, 0.2) is 54.6 Å². The molecule has 0 saturated carbocycles. The average molecular weight is 382 g/mol. The zero-order chi connectivity index (χ0) is 19.9. The molecule has 144 valence electrons. The van der Waals surface area contributed by atoms with Crippen LogP contribution in [0.25, 0.3) is 0 Å². The number of halogens is 3. The molecule has 0 heterocycles. The summed E-state index contributed by atoms with van der Waals surface area (Å²) in [7, 11) is 0. The number of aliphatic hydroxyl groups excluding tert-OH is 1. The lowest BCUT2D eigenvalue weighted by Crippen LogP contribution is -2.36. The number of carbonyl (C=O) groups is 2. The van der Waals surface area contributed by atoms with Gasteiger partial charge < -0.3 is 20.5 Å². The molecule has 0 fully saturated rings. The molecule has 0 saturated heterocycles. The fourth-order valence-electron chi connectivity index (χ4n) is 2.17. The van der Waals surface area contributed by atoms with E-state index < -0.39 is 30.0 Å². The average Bonchev–Trinajstić information content (AvgIpc) is 2.62. The molecule has 9 heteroatoms. The molecule has 0 spiro atoms. The molecule has 3 N–H and O–H groups in total. The van der Waals surface area contributed by atoms with Gasteiger partial charge in [0.1, 0.15) is 5.75 Å². The van der Waals surface area contributed by atoms with Crippen LogP contribution in [0.1, 0.15) is 18.1 Å². The number of anilines is 1. The van der Waals surface area contributed by atoms with E-state index in [0.29, 0.717) is 5.56 Å². The van der Waals surface area contributed by atoms with Gasteiger partial charge in [-0.05, 0) is 36.2 Å². The Morgan fingerprint density at radius 2 is 1.63 bits per heavy atom. The first-order chi connectivity index (χ1) is 12.7. The maximum atomic E-state index is 12.1. The van der Waals surface area contributed by atoms with Gasteiger partial charge in [0.25, 0.3) is 0 Å². The third kappa shape index (κ3) is 6.98. The van der Waals surface area contributed by atoms with E-state index in [9.17, 15) is 27.9 Å². The summed E-state index contributed by atoms with van der Waals surface area (Å²) in [5.74, 6) is -2.35. The van der Waals surface area contributed by atoms with Crippen molar-refractivity contribution in [2.75, 3.05) is 11.9 Å². The Hall–Kier alpha value is -3.07. The number of carbonyl (C=O) groups excluding carboxylic acids is 2. The van der Waals surface area contributed by atoms with Crippen molar-refractivity contribution in [1.82, 2.24) is 5.32 Å². The fourth-order valence-corrected chi connectivity index (χ4v) is 2.17. The highest BCUT2D eigenvalue weighted by atomic mass is 19.4. The van der Waals surface area contributed by atoms with Crippen molar-refractivity contribution in [3.8, 4) is 5.75 Å². The van der Waals surface area contributed by atoms with E-state index in [1.807, 2.05) is 6.07 Å². The van der Waals surface area contributed by atoms with Crippen LogP contribution in [0.3, 0.4) is 0 Å². The van der Waals surface area contributed by atoms with Crippen molar-refractivity contribution in [1.29, 1.82) is 0 Å². The summed E-state index contributed by atoms with van der Waals surface area (Å²) in [6.45, 7) is 0.0701. The minimum atomic E-state index is -4.81. The van der Waals surface area contributed by atoms with Gasteiger partial charge in [-0.1, -0.05) is 30.3 Å². The number of aliphatic hydroxyl groups is 1. The smallest absolute Gasteiger partial charge is 0.406 e. The van der Waals surface area contributed by atoms with Gasteiger partial charge >= 0.3 is 18.2 Å². The number of amides is 2. The second kappa shape index (κ2) is 9.04. The molecular weight excluding hydrogens is 365 g/mol. The van der Waals surface area contributed by atoms with Crippen LogP contribution < -0.4 is 15.4 Å². The molecule has 0 aliphatic rings. The minimum absolute atomic E-state index is 0.0701. The van der Waals surface area contributed by atoms with Crippen LogP contribution in [-0.2, 0) is 9.59 Å². The molecule has 0 unspecified atom stereocenters. The van der Waals surface area contributed by atoms with Crippen LogP contribution >= 0.6 is 0 Å². The van der Waals surface area contributed by atoms with Gasteiger partial charge in [-0.25, -0.2) is 0 Å². The lowest BCUT2D eigenvalue weighted by molar-refractivity contribution is -0.274. The summed E-state index contributed by atoms with van der Waals surface area (Å²) in [4.78, 5) is 23.5. The summed E-state index contributed by atoms with van der Waals surface area (Å²) in [6.07, 6.45) is -5.38. The lowest BCUT2D eigenvalue weighted by atomic mass is 10.1. The summed E-state index contributed by atoms with van der Waals surface area (Å²) in [5.41, 5.74) is 0.825. The van der Waals surface area contributed by atoms with E-state index in [2.05, 4.69) is 15.4 Å². The molecule has 2 aromatic carbocycles. The number of hydrogen-bond donors (Lipinski definition) is 3. The van der Waals surface area contributed by atoms with E-state index in [0.717, 1.165) is 12.1 Å². The summed E-state index contributed by atoms with van der Waals surface area (Å²) >= 11 is 0. The largest absolute Gasteiger partial charge is 0.573 e. The fraction of sp³-hybridized carbons (Fsp3) is 0.222. The summed E-state index contributed by atoms with van der Waals surface area (Å²) in [5, 5.41) is 14.6. The normalized spacial score (nSPS) is 12.1. The van der Waals surface area contributed by atoms with Crippen LogP contribution in [0.5, 0.6) is 5.75 Å². The predicted octanol–water partition coefficient (Wildman–Crippen LogP) is 2.76. The molecule has 0 aliphatic heterocycles. The van der Waals surface area contributed by atoms with E-state index in [1.165, 1.54) is 12.1 Å². The van der Waals surface area contributed by atoms with Gasteiger partial charge in [0.15, 0.2) is 0 Å². The van der Waals surface area contributed by atoms with Gasteiger partial charge in [0.05, 0.1) is 6.10 Å². The van der Waals surface area contributed by atoms with Crippen molar-refractivity contribution >= 4 is 17.5 Å². The number of ether oxygens (including phenoxy) is 1. The highest BCUT2D eigenvalue weighted by Crippen LogP contribution is 2.23. The van der Waals surface area contributed by atoms with E-state index in [1.54, 1.807) is 24.3 Å². The van der Waals surface area contributed by atoms with Crippen LogP contribution in [0, 0.1) is 0 Å². The first kappa shape index (κ1) is 20.2. The van der Waals surface area contributed by atoms with Gasteiger partial charge in [-0.2, -0.15) is 0 Å². The number of benzene rings is 2. The Balaban J connectivity index is 1.77. The monoisotopic (exact) mass is 382 g/mol. The predicted molar refractivity (Wildman–Crippen MR) is 90.8 cm³/mol. The zero-order valence-electron chi connectivity index (χ0n) is 14.0. The molecule has 0 radical (unpaired) electrons. The Labute approximate surface area is 153 Å². The number of alkyl halides is 3. The van der Waals surface area contributed by atoms with E-state index in [4.69, 9.17) is 0 Å². The Morgan fingerprint density at radius 3 is 2.22 bits per heavy atom. The molecule has 1 atom stereocenters. The Bertz CT molecular complexity index is 764. The maximum Gasteiger partial charge on any atom is 0.573 e. The molecule has 2 aromatic rings. The van der Waals surface area contributed by atoms with Crippen LogP contribution in [-0.4, -0.2) is 29.8 Å². The van der Waals surface area contributed by atoms with Crippen molar-refractivity contribution in [3.05, 3.63) is 60.2 Å². The van der Waals surface area contributed by atoms with Crippen LogP contribution in [0.2, 0.25) is 0 Å². The van der Waals surface area contributed by atoms with Crippen molar-refractivity contribution < 1.29 is 32.6 Å². The standard InChI is InChI=1S/C18H17F3N2O4/c19-18(20,21)27-14-8-6-13(7-9-14)23-17(26)16(25)22-11-10-15(24)12-4-2-1-3-5-12/h1-9,15,24H,10-11H2,(H,22,25)(H,23,26)/t15-/m0/s1. The zero-order valence-corrected chi connectivity index (χ0v) is 14.0. The Kier molecular flexibility index (Phi) is 6.78. The maximum absolute atomic E-state index is 12.1. The summed E-state index contributed by atoms with van der Waals surface area (Å²) < 4.78 is 39.9. The highest BCUT2D eigenvalue weighted by molar-refractivity contribution is 6.39. The molecule has 2 rings (SSSR count). The second-order valence-corrected chi connectivity index (χ2v) is 5.50. The molecule has 6 nitrogen and oxygen atoms in total.